The van der Waals surface area contributed by atoms with Gasteiger partial charge in [-0.05, 0) is 6.92 Å². The van der Waals surface area contributed by atoms with E-state index in [1.807, 2.05) is 0 Å². The molecule has 1 rings (SSSR count). The smallest absolute Gasteiger partial charge is 0.152 e. The Morgan fingerprint density at radius 2 is 2.60 bits per heavy atom. The third-order valence-electron chi connectivity index (χ3n) is 1.56. The number of morpholine rings is 1. The second kappa shape index (κ2) is 3.68. The van der Waals surface area contributed by atoms with E-state index in [0.717, 1.165) is 6.54 Å². The van der Waals surface area contributed by atoms with Crippen molar-refractivity contribution < 1.29 is 9.53 Å². The molecule has 1 radical (unpaired) electrons. The molecule has 0 saturated carbocycles. The van der Waals surface area contributed by atoms with Gasteiger partial charge in [-0.3, -0.25) is 4.79 Å². The third kappa shape index (κ3) is 1.78. The monoisotopic (exact) mass is 142 g/mol. The maximum absolute atomic E-state index is 11.0. The van der Waals surface area contributed by atoms with Gasteiger partial charge >= 0.3 is 0 Å². The van der Waals surface area contributed by atoms with E-state index in [2.05, 4.69) is 12.2 Å². The van der Waals surface area contributed by atoms with Crippen LogP contribution in [0.5, 0.6) is 0 Å². The topological polar surface area (TPSA) is 38.3 Å². The second-order valence-electron chi connectivity index (χ2n) is 2.30. The molecule has 0 aromatic rings. The van der Waals surface area contributed by atoms with Crippen LogP contribution in [0.25, 0.3) is 0 Å². The Morgan fingerprint density at radius 3 is 3.10 bits per heavy atom. The van der Waals surface area contributed by atoms with Gasteiger partial charge in [0, 0.05) is 13.0 Å². The van der Waals surface area contributed by atoms with E-state index in [9.17, 15) is 4.79 Å². The highest BCUT2D eigenvalue weighted by molar-refractivity contribution is 5.84. The average Bonchev–Trinajstić information content (AvgIpc) is 2.05. The first-order chi connectivity index (χ1) is 4.84. The first-order valence-electron chi connectivity index (χ1n) is 3.47. The molecule has 0 amide bonds. The van der Waals surface area contributed by atoms with Crippen LogP contribution in [0.3, 0.4) is 0 Å². The highest BCUT2D eigenvalue weighted by Gasteiger charge is 2.18. The van der Waals surface area contributed by atoms with Gasteiger partial charge in [-0.2, -0.15) is 0 Å². The summed E-state index contributed by atoms with van der Waals surface area (Å²) in [5, 5.41) is 3.06. The summed E-state index contributed by atoms with van der Waals surface area (Å²) in [7, 11) is 0. The summed E-state index contributed by atoms with van der Waals surface area (Å²) in [6, 6.07) is -0.105. The zero-order valence-corrected chi connectivity index (χ0v) is 5.93. The van der Waals surface area contributed by atoms with Crippen molar-refractivity contribution in [2.75, 3.05) is 19.8 Å². The summed E-state index contributed by atoms with van der Waals surface area (Å²) in [5.74, 6) is 0.139. The lowest BCUT2D eigenvalue weighted by Crippen LogP contribution is -2.46. The molecule has 1 aliphatic rings. The maximum atomic E-state index is 11.0. The molecule has 1 aliphatic heterocycles. The molecule has 1 saturated heterocycles. The fourth-order valence-electron chi connectivity index (χ4n) is 0.946. The van der Waals surface area contributed by atoms with Gasteiger partial charge in [-0.25, -0.2) is 0 Å². The number of carbonyl (C=O) groups is 1. The molecule has 10 heavy (non-hydrogen) atoms. The highest BCUT2D eigenvalue weighted by Crippen LogP contribution is 1.96. The van der Waals surface area contributed by atoms with E-state index in [1.165, 1.54) is 0 Å². The van der Waals surface area contributed by atoms with Crippen molar-refractivity contribution in [2.45, 2.75) is 12.5 Å². The molecule has 0 aromatic heterocycles. The van der Waals surface area contributed by atoms with Gasteiger partial charge < -0.3 is 10.1 Å². The van der Waals surface area contributed by atoms with E-state index >= 15 is 0 Å². The Hall–Kier alpha value is -0.410. The van der Waals surface area contributed by atoms with E-state index in [-0.39, 0.29) is 11.8 Å². The average molecular weight is 142 g/mol. The van der Waals surface area contributed by atoms with Crippen LogP contribution in [-0.4, -0.2) is 31.6 Å². The number of nitrogens with one attached hydrogen (secondary N) is 1. The van der Waals surface area contributed by atoms with Crippen molar-refractivity contribution in [3.8, 4) is 0 Å². The lowest BCUT2D eigenvalue weighted by Gasteiger charge is -2.21. The van der Waals surface area contributed by atoms with Crippen LogP contribution in [-0.2, 0) is 9.53 Å². The van der Waals surface area contributed by atoms with Crippen molar-refractivity contribution in [1.82, 2.24) is 5.32 Å². The molecule has 1 fully saturated rings. The Bertz CT molecular complexity index is 119. The summed E-state index contributed by atoms with van der Waals surface area (Å²) < 4.78 is 5.09. The molecule has 0 spiro atoms. The molecule has 1 atom stereocenters. The van der Waals surface area contributed by atoms with Crippen LogP contribution in [0, 0.1) is 6.92 Å². The van der Waals surface area contributed by atoms with Crippen LogP contribution in [0.15, 0.2) is 0 Å². The van der Waals surface area contributed by atoms with Crippen LogP contribution in [0.2, 0.25) is 0 Å². The maximum Gasteiger partial charge on any atom is 0.152 e. The van der Waals surface area contributed by atoms with Crippen LogP contribution in [0.4, 0.5) is 0 Å². The van der Waals surface area contributed by atoms with Gasteiger partial charge in [-0.1, -0.05) is 0 Å². The quantitative estimate of drug-likeness (QED) is 0.578. The first-order valence-corrected chi connectivity index (χ1v) is 3.47. The fourth-order valence-corrected chi connectivity index (χ4v) is 0.946. The lowest BCUT2D eigenvalue weighted by molar-refractivity contribution is -0.123. The van der Waals surface area contributed by atoms with E-state index < -0.39 is 0 Å². The van der Waals surface area contributed by atoms with E-state index in [4.69, 9.17) is 4.74 Å². The summed E-state index contributed by atoms with van der Waals surface area (Å²) >= 11 is 0. The molecule has 3 heteroatoms. The van der Waals surface area contributed by atoms with Crippen molar-refractivity contribution in [3.05, 3.63) is 6.92 Å². The number of ketones is 1. The minimum absolute atomic E-state index is 0.105. The predicted molar refractivity (Wildman–Crippen MR) is 37.6 cm³/mol. The molecule has 0 aliphatic carbocycles. The molecule has 1 N–H and O–H groups in total. The fraction of sp³-hybridized carbons (Fsp3) is 0.714. The van der Waals surface area contributed by atoms with Crippen LogP contribution >= 0.6 is 0 Å². The molecular formula is C7H12NO2. The Kier molecular flexibility index (Phi) is 2.83. The van der Waals surface area contributed by atoms with Gasteiger partial charge in [0.2, 0.25) is 0 Å². The number of ether oxygens (including phenoxy) is 1. The molecule has 3 nitrogen and oxygen atoms in total. The summed E-state index contributed by atoms with van der Waals surface area (Å²) in [6.07, 6.45) is 0.348. The SMILES string of the molecule is [CH2]CC(=O)C1COCCN1. The summed E-state index contributed by atoms with van der Waals surface area (Å²) in [4.78, 5) is 11.0. The van der Waals surface area contributed by atoms with Gasteiger partial charge in [0.25, 0.3) is 0 Å². The summed E-state index contributed by atoms with van der Waals surface area (Å²) in [6.45, 7) is 5.51. The van der Waals surface area contributed by atoms with Crippen molar-refractivity contribution in [2.24, 2.45) is 0 Å². The van der Waals surface area contributed by atoms with Crippen molar-refractivity contribution >= 4 is 5.78 Å². The number of hydrogen-bond donors (Lipinski definition) is 1. The second-order valence-corrected chi connectivity index (χ2v) is 2.30. The van der Waals surface area contributed by atoms with Gasteiger partial charge in [0.1, 0.15) is 0 Å². The minimum atomic E-state index is -0.105. The molecule has 57 valence electrons. The minimum Gasteiger partial charge on any atom is -0.378 e. The Balaban J connectivity index is 2.31. The first kappa shape index (κ1) is 7.69. The van der Waals surface area contributed by atoms with Gasteiger partial charge in [-0.15, -0.1) is 0 Å². The number of hydrogen-bond acceptors (Lipinski definition) is 3. The predicted octanol–water partition coefficient (Wildman–Crippen LogP) is -0.232. The van der Waals surface area contributed by atoms with Crippen molar-refractivity contribution in [1.29, 1.82) is 0 Å². The van der Waals surface area contributed by atoms with Gasteiger partial charge in [0.05, 0.1) is 19.3 Å². The lowest BCUT2D eigenvalue weighted by atomic mass is 10.1. The third-order valence-corrected chi connectivity index (χ3v) is 1.56. The number of carbonyl (C=O) groups excluding carboxylic acids is 1. The highest BCUT2D eigenvalue weighted by atomic mass is 16.5. The molecule has 1 heterocycles. The zero-order valence-electron chi connectivity index (χ0n) is 5.93. The zero-order chi connectivity index (χ0) is 7.40. The molecular weight excluding hydrogens is 130 g/mol. The normalized spacial score (nSPS) is 26.3. The standard InChI is InChI=1S/C7H12NO2/c1-2-7(9)6-5-10-4-3-8-6/h6,8H,1-5H2. The van der Waals surface area contributed by atoms with E-state index in [0.29, 0.717) is 19.6 Å². The summed E-state index contributed by atoms with van der Waals surface area (Å²) in [5.41, 5.74) is 0. The Labute approximate surface area is 60.7 Å². The number of Topliss-reactive ketones (excluding diaryl/α,β-unsaturated/α-hetero) is 1. The number of rotatable bonds is 2. The van der Waals surface area contributed by atoms with Crippen LogP contribution < -0.4 is 5.32 Å². The Morgan fingerprint density at radius 1 is 1.80 bits per heavy atom. The molecule has 1 unspecified atom stereocenters. The van der Waals surface area contributed by atoms with Crippen molar-refractivity contribution in [3.63, 3.8) is 0 Å². The van der Waals surface area contributed by atoms with Crippen LogP contribution in [0.1, 0.15) is 6.42 Å². The molecule has 0 bridgehead atoms. The largest absolute Gasteiger partial charge is 0.378 e. The molecule has 0 aromatic carbocycles. The van der Waals surface area contributed by atoms with E-state index in [1.54, 1.807) is 0 Å². The van der Waals surface area contributed by atoms with Gasteiger partial charge in [0.15, 0.2) is 5.78 Å².